The van der Waals surface area contributed by atoms with Crippen LogP contribution < -0.4 is 10.6 Å². The lowest BCUT2D eigenvalue weighted by Gasteiger charge is -2.28. The van der Waals surface area contributed by atoms with Gasteiger partial charge in [0.15, 0.2) is 5.11 Å². The number of nitrogens with zero attached hydrogens (tertiary/aromatic N) is 3. The molecule has 1 aliphatic heterocycles. The van der Waals surface area contributed by atoms with Gasteiger partial charge in [-0.05, 0) is 92.9 Å². The molecule has 2 aromatic carbocycles. The minimum absolute atomic E-state index is 0.0118. The summed E-state index contributed by atoms with van der Waals surface area (Å²) < 4.78 is 2.44. The zero-order chi connectivity index (χ0) is 26.6. The normalized spacial score (nSPS) is 17.1. The summed E-state index contributed by atoms with van der Waals surface area (Å²) in [5.41, 5.74) is 9.92. The zero-order valence-corrected chi connectivity index (χ0v) is 23.6. The number of hydrogen-bond donors (Lipinski definition) is 2. The van der Waals surface area contributed by atoms with Crippen molar-refractivity contribution < 1.29 is 0 Å². The van der Waals surface area contributed by atoms with E-state index in [1.165, 1.54) is 33.8 Å². The smallest absolute Gasteiger partial charge is 0.170 e. The summed E-state index contributed by atoms with van der Waals surface area (Å²) in [5.74, 6) is 0. The molecule has 0 amide bonds. The highest BCUT2D eigenvalue weighted by molar-refractivity contribution is 7.80. The predicted molar refractivity (Wildman–Crippen MR) is 161 cm³/mol. The van der Waals surface area contributed by atoms with Gasteiger partial charge in [0.25, 0.3) is 0 Å². The van der Waals surface area contributed by atoms with E-state index >= 15 is 0 Å². The molecule has 196 valence electrons. The second-order valence-electron chi connectivity index (χ2n) is 10.1. The van der Waals surface area contributed by atoms with Crippen LogP contribution in [0.25, 0.3) is 5.69 Å². The predicted octanol–water partition coefficient (Wildman–Crippen LogP) is 6.83. The van der Waals surface area contributed by atoms with Crippen LogP contribution in [0.2, 0.25) is 0 Å². The van der Waals surface area contributed by atoms with E-state index in [1.54, 1.807) is 0 Å². The van der Waals surface area contributed by atoms with Crippen LogP contribution in [0.5, 0.6) is 0 Å². The maximum absolute atomic E-state index is 5.93. The molecule has 1 aliphatic rings. The molecule has 0 spiro atoms. The number of aromatic nitrogens is 2. The molecule has 1 fully saturated rings. The number of benzene rings is 2. The van der Waals surface area contributed by atoms with Gasteiger partial charge in [-0.15, -0.1) is 0 Å². The molecule has 0 radical (unpaired) electrons. The Morgan fingerprint density at radius 1 is 0.974 bits per heavy atom. The number of aryl methyl sites for hydroxylation is 3. The lowest BCUT2D eigenvalue weighted by atomic mass is 9.96. The summed E-state index contributed by atoms with van der Waals surface area (Å²) >= 11 is 5.93. The van der Waals surface area contributed by atoms with Gasteiger partial charge >= 0.3 is 0 Å². The summed E-state index contributed by atoms with van der Waals surface area (Å²) in [4.78, 5) is 7.10. The van der Waals surface area contributed by atoms with Gasteiger partial charge in [0.2, 0.25) is 0 Å². The van der Waals surface area contributed by atoms with E-state index in [0.717, 1.165) is 42.4 Å². The van der Waals surface area contributed by atoms with E-state index in [1.807, 2.05) is 18.3 Å². The fourth-order valence-electron chi connectivity index (χ4n) is 5.78. The third-order valence-electron chi connectivity index (χ3n) is 7.59. The van der Waals surface area contributed by atoms with Gasteiger partial charge in [-0.25, -0.2) is 0 Å². The summed E-state index contributed by atoms with van der Waals surface area (Å²) in [7, 11) is 0. The highest BCUT2D eigenvalue weighted by atomic mass is 32.1. The Balaban J connectivity index is 1.50. The van der Waals surface area contributed by atoms with Gasteiger partial charge in [0, 0.05) is 36.4 Å². The number of thiocarbonyl (C=S) groups is 1. The minimum Gasteiger partial charge on any atom is -0.385 e. The first-order valence-electron chi connectivity index (χ1n) is 13.5. The van der Waals surface area contributed by atoms with Crippen molar-refractivity contribution in [2.24, 2.45) is 0 Å². The first kappa shape index (κ1) is 26.0. The molecule has 0 unspecified atom stereocenters. The molecule has 2 atom stereocenters. The number of rotatable bonds is 9. The van der Waals surface area contributed by atoms with E-state index in [2.05, 4.69) is 108 Å². The summed E-state index contributed by atoms with van der Waals surface area (Å²) in [6, 6.07) is 25.5. The molecule has 5 rings (SSSR count). The molecule has 6 heteroatoms. The van der Waals surface area contributed by atoms with Crippen molar-refractivity contribution in [2.75, 3.05) is 18.4 Å². The first-order valence-corrected chi connectivity index (χ1v) is 13.9. The monoisotopic (exact) mass is 523 g/mol. The Kier molecular flexibility index (Phi) is 7.79. The van der Waals surface area contributed by atoms with Gasteiger partial charge in [-0.2, -0.15) is 0 Å². The largest absolute Gasteiger partial charge is 0.385 e. The van der Waals surface area contributed by atoms with Crippen molar-refractivity contribution in [1.29, 1.82) is 0 Å². The highest BCUT2D eigenvalue weighted by Gasteiger charge is 2.41. The molecule has 0 aliphatic carbocycles. The molecule has 4 aromatic rings. The lowest BCUT2D eigenvalue weighted by molar-refractivity contribution is 0.315. The van der Waals surface area contributed by atoms with Crippen molar-refractivity contribution in [3.8, 4) is 5.69 Å². The number of nitrogens with one attached hydrogen (secondary N) is 2. The Hall–Kier alpha value is -3.64. The third-order valence-corrected chi connectivity index (χ3v) is 7.94. The van der Waals surface area contributed by atoms with Crippen molar-refractivity contribution >= 4 is 23.0 Å². The van der Waals surface area contributed by atoms with Crippen LogP contribution in [-0.4, -0.2) is 32.7 Å². The van der Waals surface area contributed by atoms with E-state index in [9.17, 15) is 0 Å². The number of hydrogen-bond acceptors (Lipinski definition) is 3. The number of para-hydroxylation sites is 2. The zero-order valence-electron chi connectivity index (χ0n) is 22.7. The molecule has 0 bridgehead atoms. The molecule has 1 saturated heterocycles. The van der Waals surface area contributed by atoms with E-state index in [4.69, 9.17) is 17.2 Å². The summed E-state index contributed by atoms with van der Waals surface area (Å²) in [6.07, 6.45) is 3.84. The first-order chi connectivity index (χ1) is 18.5. The molecule has 5 nitrogen and oxygen atoms in total. The van der Waals surface area contributed by atoms with Crippen LogP contribution in [0.15, 0.2) is 79.0 Å². The molecule has 0 saturated carbocycles. The molecule has 38 heavy (non-hydrogen) atoms. The van der Waals surface area contributed by atoms with Gasteiger partial charge in [0.1, 0.15) is 0 Å². The van der Waals surface area contributed by atoms with Crippen LogP contribution in [0, 0.1) is 20.8 Å². The van der Waals surface area contributed by atoms with Crippen molar-refractivity contribution in [2.45, 2.75) is 52.6 Å². The molecular weight excluding hydrogens is 486 g/mol. The van der Waals surface area contributed by atoms with E-state index in [0.29, 0.717) is 0 Å². The highest BCUT2D eigenvalue weighted by Crippen LogP contribution is 2.42. The fraction of sp³-hybridized carbons (Fsp3) is 0.312. The summed E-state index contributed by atoms with van der Waals surface area (Å²) in [6.45, 7) is 10.6. The van der Waals surface area contributed by atoms with Crippen molar-refractivity contribution in [3.63, 3.8) is 0 Å². The van der Waals surface area contributed by atoms with Crippen LogP contribution in [0.1, 0.15) is 59.2 Å². The maximum Gasteiger partial charge on any atom is 0.170 e. The molecule has 3 heterocycles. The third kappa shape index (κ3) is 5.05. The fourth-order valence-corrected chi connectivity index (χ4v) is 6.11. The van der Waals surface area contributed by atoms with Gasteiger partial charge in [-0.1, -0.05) is 49.4 Å². The average Bonchev–Trinajstić information content (AvgIpc) is 3.42. The van der Waals surface area contributed by atoms with Gasteiger partial charge in [-0.3, -0.25) is 4.98 Å². The van der Waals surface area contributed by atoms with Crippen LogP contribution >= 0.6 is 12.2 Å². The molecular formula is C32H37N5S. The standard InChI is InChI=1S/C32H37N5S/c1-5-25-14-11-13-22(2)30(25)37-23(3)21-27(24(37)4)31-29(28-17-9-10-18-34-28)35-32(38)36(31)20-12-19-33-26-15-7-6-8-16-26/h6-11,13-18,21,29,31,33H,5,12,19-20H2,1-4H3,(H,35,38)/t29-,31-/m1/s1. The second kappa shape index (κ2) is 11.4. The van der Waals surface area contributed by atoms with Crippen LogP contribution in [0.3, 0.4) is 0 Å². The number of pyridine rings is 1. The minimum atomic E-state index is -0.0118. The van der Waals surface area contributed by atoms with Gasteiger partial charge < -0.3 is 20.1 Å². The van der Waals surface area contributed by atoms with Crippen molar-refractivity contribution in [1.82, 2.24) is 19.8 Å². The quantitative estimate of drug-likeness (QED) is 0.186. The Morgan fingerprint density at radius 2 is 1.76 bits per heavy atom. The maximum atomic E-state index is 5.93. The lowest BCUT2D eigenvalue weighted by Crippen LogP contribution is -2.31. The van der Waals surface area contributed by atoms with E-state index < -0.39 is 0 Å². The Labute approximate surface area is 231 Å². The van der Waals surface area contributed by atoms with Crippen LogP contribution in [0.4, 0.5) is 5.69 Å². The Bertz CT molecular complexity index is 1400. The van der Waals surface area contributed by atoms with Gasteiger partial charge in [0.05, 0.1) is 23.5 Å². The second-order valence-corrected chi connectivity index (χ2v) is 10.5. The molecule has 2 N–H and O–H groups in total. The SMILES string of the molecule is CCc1cccc(C)c1-n1c(C)cc([C@@H]2[C@@H](c3ccccn3)NC(=S)N2CCCNc2ccccc2)c1C. The van der Waals surface area contributed by atoms with E-state index in [-0.39, 0.29) is 12.1 Å². The summed E-state index contributed by atoms with van der Waals surface area (Å²) in [5, 5.41) is 7.95. The van der Waals surface area contributed by atoms with Crippen molar-refractivity contribution in [3.05, 3.63) is 113 Å². The number of anilines is 1. The topological polar surface area (TPSA) is 45.1 Å². The molecule has 2 aromatic heterocycles. The Morgan fingerprint density at radius 3 is 2.50 bits per heavy atom. The average molecular weight is 524 g/mol. The van der Waals surface area contributed by atoms with Crippen LogP contribution in [-0.2, 0) is 6.42 Å².